The molecule has 3 aromatic rings. The van der Waals surface area contributed by atoms with E-state index in [0.717, 1.165) is 23.1 Å². The molecule has 0 aliphatic carbocycles. The third-order valence-corrected chi connectivity index (χ3v) is 4.48. The summed E-state index contributed by atoms with van der Waals surface area (Å²) < 4.78 is 1.65. The molecule has 0 radical (unpaired) electrons. The third-order valence-electron chi connectivity index (χ3n) is 4.48. The Bertz CT molecular complexity index is 954. The highest BCUT2D eigenvalue weighted by molar-refractivity contribution is 6.06. The van der Waals surface area contributed by atoms with Crippen LogP contribution in [0.15, 0.2) is 41.3 Å². The van der Waals surface area contributed by atoms with Gasteiger partial charge in [0.1, 0.15) is 5.82 Å². The molecule has 3 heterocycles. The summed E-state index contributed by atoms with van der Waals surface area (Å²) in [7, 11) is 0. The van der Waals surface area contributed by atoms with Crippen LogP contribution in [-0.2, 0) is 13.0 Å². The maximum absolute atomic E-state index is 12.7. The maximum atomic E-state index is 12.7. The molecule has 1 aliphatic heterocycles. The number of H-pyrrole nitrogens is 1. The molecular formula is C17H17N5O2. The first-order valence-corrected chi connectivity index (χ1v) is 8.01. The number of fused-ring (bicyclic) bond motifs is 2. The van der Waals surface area contributed by atoms with Gasteiger partial charge in [0.2, 0.25) is 0 Å². The number of amides is 1. The first kappa shape index (κ1) is 14.6. The van der Waals surface area contributed by atoms with Crippen molar-refractivity contribution in [1.82, 2.24) is 25.1 Å². The zero-order chi connectivity index (χ0) is 16.5. The van der Waals surface area contributed by atoms with Gasteiger partial charge in [-0.05, 0) is 25.0 Å². The molecule has 1 unspecified atom stereocenters. The van der Waals surface area contributed by atoms with Crippen molar-refractivity contribution >= 4 is 16.8 Å². The number of aromatic amines is 1. The molecule has 7 nitrogen and oxygen atoms in total. The second-order valence-corrected chi connectivity index (χ2v) is 5.97. The molecule has 2 N–H and O–H groups in total. The molecule has 0 saturated heterocycles. The van der Waals surface area contributed by atoms with Crippen molar-refractivity contribution in [2.75, 3.05) is 0 Å². The largest absolute Gasteiger partial charge is 0.349 e. The molecule has 0 saturated carbocycles. The van der Waals surface area contributed by atoms with E-state index in [1.54, 1.807) is 16.8 Å². The fourth-order valence-corrected chi connectivity index (χ4v) is 3.21. The molecule has 0 spiro atoms. The van der Waals surface area contributed by atoms with Crippen molar-refractivity contribution in [2.24, 2.45) is 0 Å². The molecule has 2 aromatic heterocycles. The first-order chi connectivity index (χ1) is 11.7. The van der Waals surface area contributed by atoms with Gasteiger partial charge in [0, 0.05) is 30.6 Å². The maximum Gasteiger partial charge on any atom is 0.343 e. The van der Waals surface area contributed by atoms with Crippen LogP contribution >= 0.6 is 0 Å². The van der Waals surface area contributed by atoms with Gasteiger partial charge >= 0.3 is 5.69 Å². The Morgan fingerprint density at radius 1 is 1.25 bits per heavy atom. The summed E-state index contributed by atoms with van der Waals surface area (Å²) in [5.41, 5.74) is 1.25. The SMILES string of the molecule is O=C(NC1CCc2n[nH]c(=O)n2CC1)c1ccnc2ccccc12. The molecule has 0 bridgehead atoms. The number of nitrogens with zero attached hydrogens (tertiary/aromatic N) is 3. The minimum atomic E-state index is -0.183. The molecule has 24 heavy (non-hydrogen) atoms. The lowest BCUT2D eigenvalue weighted by molar-refractivity contribution is 0.0934. The molecule has 1 aliphatic rings. The van der Waals surface area contributed by atoms with Crippen LogP contribution in [0.4, 0.5) is 0 Å². The van der Waals surface area contributed by atoms with Gasteiger partial charge in [-0.25, -0.2) is 9.89 Å². The van der Waals surface area contributed by atoms with E-state index in [2.05, 4.69) is 20.5 Å². The van der Waals surface area contributed by atoms with E-state index in [1.165, 1.54) is 0 Å². The number of hydrogen-bond donors (Lipinski definition) is 2. The molecular weight excluding hydrogens is 306 g/mol. The lowest BCUT2D eigenvalue weighted by Crippen LogP contribution is -2.35. The number of pyridine rings is 1. The van der Waals surface area contributed by atoms with E-state index in [4.69, 9.17) is 0 Å². The third kappa shape index (κ3) is 2.58. The lowest BCUT2D eigenvalue weighted by Gasteiger charge is -2.16. The smallest absolute Gasteiger partial charge is 0.343 e. The van der Waals surface area contributed by atoms with Gasteiger partial charge in [-0.3, -0.25) is 14.3 Å². The summed E-state index contributed by atoms with van der Waals surface area (Å²) in [6.45, 7) is 0.562. The van der Waals surface area contributed by atoms with Gasteiger partial charge in [0.25, 0.3) is 5.91 Å². The molecule has 1 atom stereocenters. The fraction of sp³-hybridized carbons (Fsp3) is 0.294. The fourth-order valence-electron chi connectivity index (χ4n) is 3.21. The highest BCUT2D eigenvalue weighted by Crippen LogP contribution is 2.17. The summed E-state index contributed by atoms with van der Waals surface area (Å²) in [5.74, 6) is 0.651. The second-order valence-electron chi connectivity index (χ2n) is 5.97. The summed E-state index contributed by atoms with van der Waals surface area (Å²) in [4.78, 5) is 28.6. The van der Waals surface area contributed by atoms with Crippen LogP contribution in [0, 0.1) is 0 Å². The van der Waals surface area contributed by atoms with Crippen LogP contribution in [0.25, 0.3) is 10.9 Å². The summed E-state index contributed by atoms with van der Waals surface area (Å²) >= 11 is 0. The molecule has 7 heteroatoms. The minimum absolute atomic E-state index is 0.0190. The Hall–Kier alpha value is -2.96. The van der Waals surface area contributed by atoms with Crippen molar-refractivity contribution in [2.45, 2.75) is 31.8 Å². The number of hydrogen-bond acceptors (Lipinski definition) is 4. The van der Waals surface area contributed by atoms with E-state index in [9.17, 15) is 9.59 Å². The summed E-state index contributed by atoms with van der Waals surface area (Å²) in [6, 6.07) is 9.36. The Labute approximate surface area is 137 Å². The van der Waals surface area contributed by atoms with Gasteiger partial charge in [0.05, 0.1) is 11.1 Å². The van der Waals surface area contributed by atoms with Crippen LogP contribution in [0.2, 0.25) is 0 Å². The van der Waals surface area contributed by atoms with E-state index < -0.39 is 0 Å². The lowest BCUT2D eigenvalue weighted by atomic mass is 10.1. The Morgan fingerprint density at radius 2 is 2.12 bits per heavy atom. The first-order valence-electron chi connectivity index (χ1n) is 8.01. The molecule has 4 rings (SSSR count). The number of benzene rings is 1. The average Bonchev–Trinajstić information content (AvgIpc) is 2.84. The molecule has 1 amide bonds. The quantitative estimate of drug-likeness (QED) is 0.742. The van der Waals surface area contributed by atoms with Gasteiger partial charge in [-0.2, -0.15) is 5.10 Å². The van der Waals surface area contributed by atoms with Crippen molar-refractivity contribution in [3.8, 4) is 0 Å². The highest BCUT2D eigenvalue weighted by Gasteiger charge is 2.21. The number of rotatable bonds is 2. The number of carbonyl (C=O) groups is 1. The topological polar surface area (TPSA) is 92.7 Å². The van der Waals surface area contributed by atoms with Crippen LogP contribution in [0.3, 0.4) is 0 Å². The number of aryl methyl sites for hydroxylation is 1. The number of para-hydroxylation sites is 1. The summed E-state index contributed by atoms with van der Waals surface area (Å²) in [6.07, 6.45) is 3.79. The van der Waals surface area contributed by atoms with Gasteiger partial charge in [0.15, 0.2) is 0 Å². The molecule has 0 fully saturated rings. The Kier molecular flexibility index (Phi) is 3.60. The second kappa shape index (κ2) is 5.92. The predicted molar refractivity (Wildman–Crippen MR) is 88.8 cm³/mol. The summed E-state index contributed by atoms with van der Waals surface area (Å²) in [5, 5.41) is 10.4. The monoisotopic (exact) mass is 323 g/mol. The number of carbonyl (C=O) groups excluding carboxylic acids is 1. The Morgan fingerprint density at radius 3 is 3.04 bits per heavy atom. The van der Waals surface area contributed by atoms with Crippen molar-refractivity contribution in [1.29, 1.82) is 0 Å². The van der Waals surface area contributed by atoms with Crippen LogP contribution in [0.1, 0.15) is 29.0 Å². The van der Waals surface area contributed by atoms with Gasteiger partial charge < -0.3 is 5.32 Å². The number of nitrogens with one attached hydrogen (secondary N) is 2. The predicted octanol–water partition coefficient (Wildman–Crippen LogP) is 1.25. The standard InChI is InChI=1S/C17H17N5O2/c23-16(13-7-9-18-14-4-2-1-3-12(13)14)19-11-5-6-15-20-21-17(24)22(15)10-8-11/h1-4,7,9,11H,5-6,8,10H2,(H,19,23)(H,21,24). The minimum Gasteiger partial charge on any atom is -0.349 e. The van der Waals surface area contributed by atoms with Crippen molar-refractivity contribution in [3.63, 3.8) is 0 Å². The zero-order valence-corrected chi connectivity index (χ0v) is 13.0. The number of aromatic nitrogens is 4. The van der Waals surface area contributed by atoms with Crippen LogP contribution < -0.4 is 11.0 Å². The Balaban J connectivity index is 1.53. The van der Waals surface area contributed by atoms with Gasteiger partial charge in [-0.1, -0.05) is 18.2 Å². The average molecular weight is 323 g/mol. The highest BCUT2D eigenvalue weighted by atomic mass is 16.2. The van der Waals surface area contributed by atoms with Crippen LogP contribution in [-0.4, -0.2) is 31.7 Å². The van der Waals surface area contributed by atoms with Gasteiger partial charge in [-0.15, -0.1) is 0 Å². The zero-order valence-electron chi connectivity index (χ0n) is 13.0. The van der Waals surface area contributed by atoms with E-state index >= 15 is 0 Å². The van der Waals surface area contributed by atoms with E-state index in [1.807, 2.05) is 24.3 Å². The normalized spacial score (nSPS) is 17.2. The molecule has 122 valence electrons. The van der Waals surface area contributed by atoms with E-state index in [0.29, 0.717) is 24.9 Å². The van der Waals surface area contributed by atoms with Crippen molar-refractivity contribution in [3.05, 3.63) is 58.4 Å². The van der Waals surface area contributed by atoms with E-state index in [-0.39, 0.29) is 17.6 Å². The van der Waals surface area contributed by atoms with Crippen molar-refractivity contribution < 1.29 is 4.79 Å². The van der Waals surface area contributed by atoms with Crippen LogP contribution in [0.5, 0.6) is 0 Å². The molecule has 1 aromatic carbocycles.